The van der Waals surface area contributed by atoms with Crippen LogP contribution in [0.3, 0.4) is 0 Å². The Morgan fingerprint density at radius 3 is 2.38 bits per heavy atom. The van der Waals surface area contributed by atoms with E-state index in [0.717, 1.165) is 4.68 Å². The fourth-order valence-electron chi connectivity index (χ4n) is 2.83. The number of amides is 2. The molecule has 0 radical (unpaired) electrons. The Kier molecular flexibility index (Phi) is 5.68. The van der Waals surface area contributed by atoms with Crippen LogP contribution in [0.2, 0.25) is 0 Å². The normalized spacial score (nSPS) is 10.4. The van der Waals surface area contributed by atoms with Crippen LogP contribution in [0, 0.1) is 0 Å². The molecule has 0 aliphatic rings. The van der Waals surface area contributed by atoms with Gasteiger partial charge in [-0.2, -0.15) is 5.10 Å². The van der Waals surface area contributed by atoms with Crippen molar-refractivity contribution in [2.75, 3.05) is 19.5 Å². The Bertz CT molecular complexity index is 1170. The van der Waals surface area contributed by atoms with Crippen molar-refractivity contribution in [2.45, 2.75) is 6.54 Å². The molecule has 0 saturated heterocycles. The molecule has 9 nitrogen and oxygen atoms in total. The van der Waals surface area contributed by atoms with E-state index >= 15 is 0 Å². The van der Waals surface area contributed by atoms with Gasteiger partial charge in [-0.05, 0) is 18.2 Å². The Morgan fingerprint density at radius 1 is 1.03 bits per heavy atom. The molecule has 0 unspecified atom stereocenters. The minimum absolute atomic E-state index is 0.0328. The lowest BCUT2D eigenvalue weighted by atomic mass is 10.1. The maximum absolute atomic E-state index is 12.7. The quantitative estimate of drug-likeness (QED) is 0.627. The summed E-state index contributed by atoms with van der Waals surface area (Å²) in [5.41, 5.74) is -0.0620. The molecule has 0 aliphatic carbocycles. The van der Waals surface area contributed by atoms with Gasteiger partial charge in [0.05, 0.1) is 23.7 Å². The van der Waals surface area contributed by atoms with Gasteiger partial charge in [-0.3, -0.25) is 14.4 Å². The number of carbonyl (C=O) groups is 3. The highest BCUT2D eigenvalue weighted by atomic mass is 16.5. The van der Waals surface area contributed by atoms with E-state index < -0.39 is 29.9 Å². The number of benzene rings is 2. The standard InChI is InChI=1S/C20H18N4O5/c1-21-18(26)17-12-7-3-4-8-13(12)19(27)24(23-17)11-16(25)22-15-10-6-5-9-14(15)20(28)29-2/h3-10H,11H2,1-2H3,(H,21,26)(H,22,25). The number of anilines is 1. The first-order valence-electron chi connectivity index (χ1n) is 8.65. The van der Waals surface area contributed by atoms with Crippen LogP contribution >= 0.6 is 0 Å². The summed E-state index contributed by atoms with van der Waals surface area (Å²) in [6.07, 6.45) is 0. The van der Waals surface area contributed by atoms with E-state index in [1.807, 2.05) is 0 Å². The summed E-state index contributed by atoms with van der Waals surface area (Å²) in [5, 5.41) is 9.77. The van der Waals surface area contributed by atoms with Crippen LogP contribution < -0.4 is 16.2 Å². The molecular formula is C20H18N4O5. The molecule has 29 heavy (non-hydrogen) atoms. The minimum Gasteiger partial charge on any atom is -0.465 e. The van der Waals surface area contributed by atoms with Crippen molar-refractivity contribution >= 4 is 34.2 Å². The molecule has 0 saturated carbocycles. The molecule has 1 aromatic heterocycles. The largest absolute Gasteiger partial charge is 0.465 e. The van der Waals surface area contributed by atoms with Crippen molar-refractivity contribution < 1.29 is 19.1 Å². The number of carbonyl (C=O) groups excluding carboxylic acids is 3. The first-order chi connectivity index (χ1) is 14.0. The van der Waals surface area contributed by atoms with Gasteiger partial charge in [-0.25, -0.2) is 9.48 Å². The molecule has 9 heteroatoms. The first-order valence-corrected chi connectivity index (χ1v) is 8.65. The highest BCUT2D eigenvalue weighted by Crippen LogP contribution is 2.16. The van der Waals surface area contributed by atoms with Gasteiger partial charge in [0, 0.05) is 12.4 Å². The monoisotopic (exact) mass is 394 g/mol. The summed E-state index contributed by atoms with van der Waals surface area (Å²) in [6, 6.07) is 12.9. The Labute approximate surface area is 165 Å². The molecule has 2 N–H and O–H groups in total. The number of para-hydroxylation sites is 1. The zero-order chi connectivity index (χ0) is 21.0. The highest BCUT2D eigenvalue weighted by Gasteiger charge is 2.18. The van der Waals surface area contributed by atoms with E-state index in [2.05, 4.69) is 15.7 Å². The van der Waals surface area contributed by atoms with Gasteiger partial charge in [-0.15, -0.1) is 0 Å². The lowest BCUT2D eigenvalue weighted by Gasteiger charge is -2.12. The van der Waals surface area contributed by atoms with E-state index in [9.17, 15) is 19.2 Å². The van der Waals surface area contributed by atoms with Crippen LogP contribution in [0.25, 0.3) is 10.8 Å². The average molecular weight is 394 g/mol. The molecule has 2 aromatic carbocycles. The number of methoxy groups -OCH3 is 1. The highest BCUT2D eigenvalue weighted by molar-refractivity contribution is 6.05. The fourth-order valence-corrected chi connectivity index (χ4v) is 2.83. The van der Waals surface area contributed by atoms with Crippen molar-refractivity contribution in [2.24, 2.45) is 0 Å². The summed E-state index contributed by atoms with van der Waals surface area (Å²) >= 11 is 0. The zero-order valence-electron chi connectivity index (χ0n) is 15.8. The third-order valence-electron chi connectivity index (χ3n) is 4.21. The second-order valence-corrected chi connectivity index (χ2v) is 6.02. The van der Waals surface area contributed by atoms with Gasteiger partial charge >= 0.3 is 5.97 Å². The summed E-state index contributed by atoms with van der Waals surface area (Å²) in [6.45, 7) is -0.441. The van der Waals surface area contributed by atoms with E-state index in [1.165, 1.54) is 26.3 Å². The third kappa shape index (κ3) is 3.98. The number of aromatic nitrogens is 2. The predicted molar refractivity (Wildman–Crippen MR) is 106 cm³/mol. The summed E-state index contributed by atoms with van der Waals surface area (Å²) in [4.78, 5) is 49.3. The number of nitrogens with zero attached hydrogens (tertiary/aromatic N) is 2. The van der Waals surface area contributed by atoms with Gasteiger partial charge in [0.25, 0.3) is 11.5 Å². The number of esters is 1. The number of fused-ring (bicyclic) bond motifs is 1. The second kappa shape index (κ2) is 8.34. The molecule has 3 rings (SSSR count). The maximum atomic E-state index is 12.7. The number of rotatable bonds is 5. The topological polar surface area (TPSA) is 119 Å². The second-order valence-electron chi connectivity index (χ2n) is 6.02. The van der Waals surface area contributed by atoms with Crippen molar-refractivity contribution in [3.8, 4) is 0 Å². The van der Waals surface area contributed by atoms with E-state index in [4.69, 9.17) is 4.74 Å². The average Bonchev–Trinajstić information content (AvgIpc) is 2.75. The minimum atomic E-state index is -0.608. The lowest BCUT2D eigenvalue weighted by molar-refractivity contribution is -0.117. The fraction of sp³-hybridized carbons (Fsp3) is 0.150. The number of hydrogen-bond donors (Lipinski definition) is 2. The van der Waals surface area contributed by atoms with Gasteiger partial charge in [0.2, 0.25) is 5.91 Å². The van der Waals surface area contributed by atoms with Crippen LogP contribution in [0.15, 0.2) is 53.3 Å². The Morgan fingerprint density at radius 2 is 1.69 bits per heavy atom. The van der Waals surface area contributed by atoms with Crippen LogP contribution in [0.5, 0.6) is 0 Å². The molecule has 148 valence electrons. The van der Waals surface area contributed by atoms with E-state index in [1.54, 1.807) is 36.4 Å². The molecule has 0 fully saturated rings. The lowest BCUT2D eigenvalue weighted by Crippen LogP contribution is -2.33. The van der Waals surface area contributed by atoms with Gasteiger partial charge < -0.3 is 15.4 Å². The predicted octanol–water partition coefficient (Wildman–Crippen LogP) is 1.18. The molecular weight excluding hydrogens is 376 g/mol. The third-order valence-corrected chi connectivity index (χ3v) is 4.21. The zero-order valence-corrected chi connectivity index (χ0v) is 15.8. The Balaban J connectivity index is 1.96. The smallest absolute Gasteiger partial charge is 0.339 e. The number of ether oxygens (including phenoxy) is 1. The molecule has 0 spiro atoms. The molecule has 3 aromatic rings. The summed E-state index contributed by atoms with van der Waals surface area (Å²) < 4.78 is 5.62. The van der Waals surface area contributed by atoms with Crippen LogP contribution in [-0.4, -0.2) is 41.7 Å². The van der Waals surface area contributed by atoms with Crippen molar-refractivity contribution in [1.29, 1.82) is 0 Å². The molecule has 0 atom stereocenters. The van der Waals surface area contributed by atoms with Crippen molar-refractivity contribution in [1.82, 2.24) is 15.1 Å². The SMILES string of the molecule is CNC(=O)c1nn(CC(=O)Nc2ccccc2C(=O)OC)c(=O)c2ccccc12. The molecule has 0 aliphatic heterocycles. The van der Waals surface area contributed by atoms with Gasteiger partial charge in [0.15, 0.2) is 5.69 Å². The van der Waals surface area contributed by atoms with Gasteiger partial charge in [-0.1, -0.05) is 30.3 Å². The summed E-state index contributed by atoms with van der Waals surface area (Å²) in [5.74, 6) is -1.68. The first kappa shape index (κ1) is 19.7. The van der Waals surface area contributed by atoms with Crippen LogP contribution in [0.1, 0.15) is 20.8 Å². The maximum Gasteiger partial charge on any atom is 0.339 e. The molecule has 1 heterocycles. The number of hydrogen-bond acceptors (Lipinski definition) is 6. The van der Waals surface area contributed by atoms with Gasteiger partial charge in [0.1, 0.15) is 6.54 Å². The Hall–Kier alpha value is -4.01. The van der Waals surface area contributed by atoms with Crippen LogP contribution in [-0.2, 0) is 16.1 Å². The van der Waals surface area contributed by atoms with Crippen molar-refractivity contribution in [3.63, 3.8) is 0 Å². The van der Waals surface area contributed by atoms with E-state index in [0.29, 0.717) is 5.39 Å². The van der Waals surface area contributed by atoms with Crippen LogP contribution in [0.4, 0.5) is 5.69 Å². The molecule has 2 amide bonds. The molecule has 0 bridgehead atoms. The number of nitrogens with one attached hydrogen (secondary N) is 2. The summed E-state index contributed by atoms with van der Waals surface area (Å²) in [7, 11) is 2.69. The van der Waals surface area contributed by atoms with E-state index in [-0.39, 0.29) is 22.3 Å². The van der Waals surface area contributed by atoms with Crippen molar-refractivity contribution in [3.05, 3.63) is 70.1 Å².